The van der Waals surface area contributed by atoms with E-state index in [0.717, 1.165) is 23.4 Å². The normalized spacial score (nSPS) is 21.1. The van der Waals surface area contributed by atoms with E-state index in [-0.39, 0.29) is 17.9 Å². The van der Waals surface area contributed by atoms with Gasteiger partial charge in [-0.3, -0.25) is 4.79 Å². The van der Waals surface area contributed by atoms with Gasteiger partial charge in [0.15, 0.2) is 0 Å². The van der Waals surface area contributed by atoms with Crippen molar-refractivity contribution < 1.29 is 9.90 Å². The predicted octanol–water partition coefficient (Wildman–Crippen LogP) is 2.25. The zero-order valence-corrected chi connectivity index (χ0v) is 11.6. The third-order valence-corrected chi connectivity index (χ3v) is 4.33. The Morgan fingerprint density at radius 2 is 2.22 bits per heavy atom. The standard InChI is InChI=1S/C14H19NO2S/c1-10(16)11-7-8-15(9-11)14(17)12-5-3-4-6-13(12)18-2/h3-6,10-11,16H,7-9H2,1-2H3. The molecule has 2 atom stereocenters. The number of aliphatic hydroxyl groups excluding tert-OH is 1. The van der Waals surface area contributed by atoms with E-state index in [2.05, 4.69) is 0 Å². The maximum absolute atomic E-state index is 12.4. The van der Waals surface area contributed by atoms with Crippen LogP contribution in [-0.4, -0.2) is 41.4 Å². The number of hydrogen-bond acceptors (Lipinski definition) is 3. The lowest BCUT2D eigenvalue weighted by Crippen LogP contribution is -2.30. The molecule has 1 aliphatic heterocycles. The smallest absolute Gasteiger partial charge is 0.254 e. The van der Waals surface area contributed by atoms with Crippen LogP contribution in [0.2, 0.25) is 0 Å². The van der Waals surface area contributed by atoms with Gasteiger partial charge in [-0.2, -0.15) is 0 Å². The molecular weight excluding hydrogens is 246 g/mol. The van der Waals surface area contributed by atoms with E-state index in [9.17, 15) is 9.90 Å². The minimum atomic E-state index is -0.335. The fourth-order valence-electron chi connectivity index (χ4n) is 2.36. The van der Waals surface area contributed by atoms with Crippen LogP contribution in [0.4, 0.5) is 0 Å². The molecule has 4 heteroatoms. The van der Waals surface area contributed by atoms with Crippen LogP contribution in [0.1, 0.15) is 23.7 Å². The maximum Gasteiger partial charge on any atom is 0.254 e. The van der Waals surface area contributed by atoms with E-state index in [1.807, 2.05) is 35.4 Å². The molecule has 1 aromatic carbocycles. The van der Waals surface area contributed by atoms with Crippen molar-refractivity contribution in [2.45, 2.75) is 24.3 Å². The van der Waals surface area contributed by atoms with Gasteiger partial charge in [0.2, 0.25) is 0 Å². The molecule has 1 N–H and O–H groups in total. The quantitative estimate of drug-likeness (QED) is 0.852. The first kappa shape index (κ1) is 13.4. The van der Waals surface area contributed by atoms with Crippen LogP contribution in [0.3, 0.4) is 0 Å². The zero-order valence-electron chi connectivity index (χ0n) is 10.8. The Bertz CT molecular complexity index is 434. The molecule has 18 heavy (non-hydrogen) atoms. The van der Waals surface area contributed by atoms with Crippen LogP contribution < -0.4 is 0 Å². The van der Waals surface area contributed by atoms with Crippen LogP contribution in [0.5, 0.6) is 0 Å². The van der Waals surface area contributed by atoms with Gasteiger partial charge in [-0.25, -0.2) is 0 Å². The first-order valence-electron chi connectivity index (χ1n) is 6.24. The van der Waals surface area contributed by atoms with Crippen molar-refractivity contribution in [3.05, 3.63) is 29.8 Å². The van der Waals surface area contributed by atoms with Gasteiger partial charge < -0.3 is 10.0 Å². The second-order valence-corrected chi connectivity index (χ2v) is 5.59. The van der Waals surface area contributed by atoms with Crippen LogP contribution in [0.25, 0.3) is 0 Å². The van der Waals surface area contributed by atoms with Gasteiger partial charge in [-0.1, -0.05) is 12.1 Å². The molecule has 2 rings (SSSR count). The first-order valence-corrected chi connectivity index (χ1v) is 7.46. The van der Waals surface area contributed by atoms with E-state index in [0.29, 0.717) is 6.54 Å². The number of hydrogen-bond donors (Lipinski definition) is 1. The summed E-state index contributed by atoms with van der Waals surface area (Å²) in [5.41, 5.74) is 0.774. The van der Waals surface area contributed by atoms with Crippen molar-refractivity contribution in [2.75, 3.05) is 19.3 Å². The summed E-state index contributed by atoms with van der Waals surface area (Å²) in [5.74, 6) is 0.304. The van der Waals surface area contributed by atoms with Crippen LogP contribution in [0, 0.1) is 5.92 Å². The lowest BCUT2D eigenvalue weighted by Gasteiger charge is -2.19. The SMILES string of the molecule is CSc1ccccc1C(=O)N1CCC(C(C)O)C1. The molecule has 1 heterocycles. The Morgan fingerprint density at radius 1 is 1.50 bits per heavy atom. The lowest BCUT2D eigenvalue weighted by atomic mass is 10.0. The topological polar surface area (TPSA) is 40.5 Å². The third-order valence-electron chi connectivity index (χ3n) is 3.53. The molecule has 1 aliphatic rings. The van der Waals surface area contributed by atoms with Gasteiger partial charge in [0.1, 0.15) is 0 Å². The van der Waals surface area contributed by atoms with Crippen molar-refractivity contribution in [3.63, 3.8) is 0 Å². The van der Waals surface area contributed by atoms with Crippen molar-refractivity contribution in [3.8, 4) is 0 Å². The van der Waals surface area contributed by atoms with Crippen molar-refractivity contribution >= 4 is 17.7 Å². The summed E-state index contributed by atoms with van der Waals surface area (Å²) in [6, 6.07) is 7.70. The van der Waals surface area contributed by atoms with Crippen molar-refractivity contribution in [1.29, 1.82) is 0 Å². The molecule has 0 spiro atoms. The fourth-order valence-corrected chi connectivity index (χ4v) is 2.95. The molecule has 1 saturated heterocycles. The molecule has 98 valence electrons. The summed E-state index contributed by atoms with van der Waals surface area (Å²) in [6.07, 6.45) is 2.54. The average Bonchev–Trinajstić information content (AvgIpc) is 2.87. The maximum atomic E-state index is 12.4. The number of amides is 1. The Kier molecular flexibility index (Phi) is 4.30. The Balaban J connectivity index is 2.13. The monoisotopic (exact) mass is 265 g/mol. The predicted molar refractivity (Wildman–Crippen MR) is 73.9 cm³/mol. The molecule has 0 radical (unpaired) electrons. The summed E-state index contributed by atoms with van der Waals surface area (Å²) in [5, 5.41) is 9.58. The fraction of sp³-hybridized carbons (Fsp3) is 0.500. The molecule has 0 aliphatic carbocycles. The molecule has 1 aromatic rings. The molecule has 0 bridgehead atoms. The number of aliphatic hydroxyl groups is 1. The highest BCUT2D eigenvalue weighted by atomic mass is 32.2. The molecule has 3 nitrogen and oxygen atoms in total. The van der Waals surface area contributed by atoms with Gasteiger partial charge in [-0.15, -0.1) is 11.8 Å². The number of nitrogens with zero attached hydrogens (tertiary/aromatic N) is 1. The van der Waals surface area contributed by atoms with Crippen LogP contribution in [-0.2, 0) is 0 Å². The molecule has 2 unspecified atom stereocenters. The average molecular weight is 265 g/mol. The lowest BCUT2D eigenvalue weighted by molar-refractivity contribution is 0.0759. The van der Waals surface area contributed by atoms with E-state index in [1.54, 1.807) is 18.7 Å². The Labute approximate surface area is 112 Å². The van der Waals surface area contributed by atoms with Crippen LogP contribution in [0.15, 0.2) is 29.2 Å². The number of thioether (sulfide) groups is 1. The van der Waals surface area contributed by atoms with Crippen LogP contribution >= 0.6 is 11.8 Å². The first-order chi connectivity index (χ1) is 8.63. The van der Waals surface area contributed by atoms with E-state index in [4.69, 9.17) is 0 Å². The Hall–Kier alpha value is -1.00. The number of likely N-dealkylation sites (tertiary alicyclic amines) is 1. The summed E-state index contributed by atoms with van der Waals surface area (Å²) < 4.78 is 0. The number of carbonyl (C=O) groups is 1. The van der Waals surface area contributed by atoms with Crippen molar-refractivity contribution in [1.82, 2.24) is 4.90 Å². The van der Waals surface area contributed by atoms with Gasteiger partial charge in [0, 0.05) is 23.9 Å². The van der Waals surface area contributed by atoms with E-state index in [1.165, 1.54) is 0 Å². The largest absolute Gasteiger partial charge is 0.393 e. The Morgan fingerprint density at radius 3 is 2.83 bits per heavy atom. The molecule has 1 amide bonds. The van der Waals surface area contributed by atoms with Gasteiger partial charge in [0.05, 0.1) is 11.7 Å². The minimum Gasteiger partial charge on any atom is -0.393 e. The second kappa shape index (κ2) is 5.76. The summed E-state index contributed by atoms with van der Waals surface area (Å²) in [6.45, 7) is 3.21. The van der Waals surface area contributed by atoms with Gasteiger partial charge >= 0.3 is 0 Å². The summed E-state index contributed by atoms with van der Waals surface area (Å²) in [7, 11) is 0. The zero-order chi connectivity index (χ0) is 13.1. The highest BCUT2D eigenvalue weighted by Gasteiger charge is 2.30. The van der Waals surface area contributed by atoms with Crippen molar-refractivity contribution in [2.24, 2.45) is 5.92 Å². The second-order valence-electron chi connectivity index (χ2n) is 4.74. The number of carbonyl (C=O) groups excluding carboxylic acids is 1. The highest BCUT2D eigenvalue weighted by molar-refractivity contribution is 7.98. The molecule has 0 aromatic heterocycles. The number of rotatable bonds is 3. The number of benzene rings is 1. The summed E-state index contributed by atoms with van der Waals surface area (Å²) >= 11 is 1.59. The molecule has 1 fully saturated rings. The molecular formula is C14H19NO2S. The molecule has 0 saturated carbocycles. The van der Waals surface area contributed by atoms with E-state index >= 15 is 0 Å². The van der Waals surface area contributed by atoms with Gasteiger partial charge in [-0.05, 0) is 31.7 Å². The highest BCUT2D eigenvalue weighted by Crippen LogP contribution is 2.25. The third kappa shape index (κ3) is 2.70. The minimum absolute atomic E-state index is 0.0862. The van der Waals surface area contributed by atoms with E-state index < -0.39 is 0 Å². The summed E-state index contributed by atoms with van der Waals surface area (Å²) in [4.78, 5) is 15.3. The van der Waals surface area contributed by atoms with Gasteiger partial charge in [0.25, 0.3) is 5.91 Å².